The van der Waals surface area contributed by atoms with Gasteiger partial charge in [0.1, 0.15) is 0 Å². The van der Waals surface area contributed by atoms with Crippen molar-refractivity contribution in [2.75, 3.05) is 0 Å². The van der Waals surface area contributed by atoms with Gasteiger partial charge in [-0.25, -0.2) is 4.98 Å². The van der Waals surface area contributed by atoms with Crippen LogP contribution in [-0.2, 0) is 0 Å². The van der Waals surface area contributed by atoms with Gasteiger partial charge >= 0.3 is 0 Å². The van der Waals surface area contributed by atoms with E-state index in [0.29, 0.717) is 17.6 Å². The second-order valence-electron chi connectivity index (χ2n) is 17.3. The Balaban J connectivity index is 0.928. The summed E-state index contributed by atoms with van der Waals surface area (Å²) in [4.78, 5) is 15.7. The third-order valence-electron chi connectivity index (χ3n) is 13.5. The fraction of sp³-hybridized carbons (Fsp3) is 0. The normalized spacial score (nSPS) is 11.9. The van der Waals surface area contributed by atoms with Crippen LogP contribution in [-0.4, -0.2) is 24.1 Å². The molecule has 11 aromatic carbocycles. The minimum atomic E-state index is 0.575. The van der Waals surface area contributed by atoms with Crippen LogP contribution in [0.5, 0.6) is 0 Å². The lowest BCUT2D eigenvalue weighted by molar-refractivity contribution is 0.954. The summed E-state index contributed by atoms with van der Waals surface area (Å²) in [5.74, 6) is 1.83. The molecule has 0 bridgehead atoms. The molecule has 14 aromatic rings. The Kier molecular flexibility index (Phi) is 7.91. The van der Waals surface area contributed by atoms with E-state index in [1.807, 2.05) is 0 Å². The van der Waals surface area contributed by atoms with Gasteiger partial charge in [0.15, 0.2) is 11.6 Å². The van der Waals surface area contributed by atoms with Crippen molar-refractivity contribution in [2.45, 2.75) is 0 Å². The molecule has 0 aliphatic carbocycles. The zero-order valence-corrected chi connectivity index (χ0v) is 35.6. The Morgan fingerprint density at radius 1 is 0.242 bits per heavy atom. The minimum Gasteiger partial charge on any atom is -0.309 e. The van der Waals surface area contributed by atoms with Gasteiger partial charge in [-0.3, -0.25) is 4.57 Å². The highest BCUT2D eigenvalue weighted by molar-refractivity contribution is 6.13. The summed E-state index contributed by atoms with van der Waals surface area (Å²) in [6, 6.07) is 80.7. The molecule has 0 spiro atoms. The molecule has 0 amide bonds. The van der Waals surface area contributed by atoms with Crippen LogP contribution in [0.2, 0.25) is 0 Å². The molecule has 0 radical (unpaired) electrons. The van der Waals surface area contributed by atoms with Crippen molar-refractivity contribution in [3.8, 4) is 45.5 Å². The van der Waals surface area contributed by atoms with Crippen LogP contribution in [0.15, 0.2) is 224 Å². The number of para-hydroxylation sites is 2. The first-order chi connectivity index (χ1) is 32.7. The van der Waals surface area contributed by atoms with Crippen molar-refractivity contribution < 1.29 is 0 Å². The SMILES string of the molecule is c1ccc2cc(-c3nc(-c4ccc5ccccc5c4)nc(-n4c5ccccc5c5cc(-c6ccc7c(c6)c6ccccc6n7-c6ccc7c(ccc8ccccc87)c6)ccc54)n3)ccc2c1. The maximum atomic E-state index is 5.28. The van der Waals surface area contributed by atoms with Gasteiger partial charge in [0, 0.05) is 38.4 Å². The van der Waals surface area contributed by atoms with Gasteiger partial charge in [-0.2, -0.15) is 9.97 Å². The first-order valence-electron chi connectivity index (χ1n) is 22.4. The molecule has 3 heterocycles. The Labute approximate surface area is 379 Å². The van der Waals surface area contributed by atoms with Crippen LogP contribution in [0, 0.1) is 0 Å². The summed E-state index contributed by atoms with van der Waals surface area (Å²) < 4.78 is 4.61. The number of hydrogen-bond acceptors (Lipinski definition) is 3. The number of aromatic nitrogens is 5. The minimum absolute atomic E-state index is 0.575. The lowest BCUT2D eigenvalue weighted by Gasteiger charge is -2.12. The van der Waals surface area contributed by atoms with Crippen LogP contribution in [0.25, 0.3) is 132 Å². The van der Waals surface area contributed by atoms with Crippen molar-refractivity contribution in [3.63, 3.8) is 0 Å². The maximum absolute atomic E-state index is 5.28. The van der Waals surface area contributed by atoms with Crippen molar-refractivity contribution >= 4 is 86.7 Å². The molecule has 0 saturated heterocycles. The van der Waals surface area contributed by atoms with Gasteiger partial charge in [0.25, 0.3) is 0 Å². The van der Waals surface area contributed by atoms with E-state index in [2.05, 4.69) is 234 Å². The molecule has 14 rings (SSSR count). The van der Waals surface area contributed by atoms with Crippen molar-refractivity contribution in [2.24, 2.45) is 0 Å². The molecule has 0 N–H and O–H groups in total. The largest absolute Gasteiger partial charge is 0.309 e. The van der Waals surface area contributed by atoms with Gasteiger partial charge in [0.2, 0.25) is 5.95 Å². The first kappa shape index (κ1) is 36.5. The highest BCUT2D eigenvalue weighted by Crippen LogP contribution is 2.39. The molecule has 0 unspecified atom stereocenters. The van der Waals surface area contributed by atoms with Gasteiger partial charge in [-0.05, 0) is 115 Å². The van der Waals surface area contributed by atoms with E-state index in [9.17, 15) is 0 Å². The molecule has 306 valence electrons. The summed E-state index contributed by atoms with van der Waals surface area (Å²) in [6.45, 7) is 0. The highest BCUT2D eigenvalue weighted by atomic mass is 15.2. The highest BCUT2D eigenvalue weighted by Gasteiger charge is 2.20. The molecule has 0 saturated carbocycles. The zero-order valence-electron chi connectivity index (χ0n) is 35.6. The fourth-order valence-electron chi connectivity index (χ4n) is 10.3. The lowest BCUT2D eigenvalue weighted by Crippen LogP contribution is -2.06. The Hall–Kier alpha value is -8.93. The number of benzene rings is 11. The third kappa shape index (κ3) is 5.70. The van der Waals surface area contributed by atoms with Crippen molar-refractivity contribution in [3.05, 3.63) is 224 Å². The Bertz CT molecular complexity index is 4210. The van der Waals surface area contributed by atoms with Crippen LogP contribution in [0.4, 0.5) is 0 Å². The third-order valence-corrected chi connectivity index (χ3v) is 13.5. The van der Waals surface area contributed by atoms with Crippen LogP contribution in [0.1, 0.15) is 0 Å². The van der Waals surface area contributed by atoms with E-state index in [1.165, 1.54) is 54.1 Å². The van der Waals surface area contributed by atoms with E-state index in [1.54, 1.807) is 0 Å². The quantitative estimate of drug-likeness (QED) is 0.162. The predicted octanol–water partition coefficient (Wildman–Crippen LogP) is 15.7. The molecule has 66 heavy (non-hydrogen) atoms. The summed E-state index contributed by atoms with van der Waals surface area (Å²) in [6.07, 6.45) is 0. The van der Waals surface area contributed by atoms with Gasteiger partial charge in [-0.15, -0.1) is 0 Å². The molecule has 0 fully saturated rings. The standard InChI is InChI=1S/C61H37N5/c1-3-14-41-33-46(25-21-38(41)11-1)59-62-60(47-26-22-39-12-2-4-15-42(39)34-47)64-61(63-59)66-56-20-10-8-18-52(56)54-37-44(28-32-58(54)66)43-27-31-57-53(36-43)51-17-7-9-19-55(51)65(57)48-29-30-50-45(35-48)24-23-40-13-5-6-16-49(40)50/h1-37H. The Morgan fingerprint density at radius 2 is 0.682 bits per heavy atom. The maximum Gasteiger partial charge on any atom is 0.238 e. The second-order valence-corrected chi connectivity index (χ2v) is 17.3. The summed E-state index contributed by atoms with van der Waals surface area (Å²) >= 11 is 0. The second kappa shape index (κ2) is 14.3. The average Bonchev–Trinajstić information content (AvgIpc) is 3.90. The summed E-state index contributed by atoms with van der Waals surface area (Å²) in [5.41, 5.74) is 9.76. The molecule has 3 aromatic heterocycles. The number of rotatable bonds is 5. The van der Waals surface area contributed by atoms with Crippen molar-refractivity contribution in [1.82, 2.24) is 24.1 Å². The smallest absolute Gasteiger partial charge is 0.238 e. The van der Waals surface area contributed by atoms with Crippen LogP contribution in [0.3, 0.4) is 0 Å². The summed E-state index contributed by atoms with van der Waals surface area (Å²) in [7, 11) is 0. The van der Waals surface area contributed by atoms with Gasteiger partial charge in [-0.1, -0.05) is 164 Å². The average molecular weight is 840 g/mol. The molecular formula is C61H37N5. The van der Waals surface area contributed by atoms with Crippen LogP contribution < -0.4 is 0 Å². The van der Waals surface area contributed by atoms with E-state index in [0.717, 1.165) is 60.5 Å². The van der Waals surface area contributed by atoms with Crippen LogP contribution >= 0.6 is 0 Å². The summed E-state index contributed by atoms with van der Waals surface area (Å²) in [5, 5.41) is 14.4. The monoisotopic (exact) mass is 839 g/mol. The van der Waals surface area contributed by atoms with E-state index >= 15 is 0 Å². The van der Waals surface area contributed by atoms with Crippen molar-refractivity contribution in [1.29, 1.82) is 0 Å². The Morgan fingerprint density at radius 3 is 1.30 bits per heavy atom. The van der Waals surface area contributed by atoms with E-state index in [4.69, 9.17) is 15.0 Å². The molecule has 0 aliphatic rings. The predicted molar refractivity (Wildman–Crippen MR) is 275 cm³/mol. The van der Waals surface area contributed by atoms with Gasteiger partial charge in [0.05, 0.1) is 22.1 Å². The van der Waals surface area contributed by atoms with E-state index < -0.39 is 0 Å². The topological polar surface area (TPSA) is 48.5 Å². The zero-order chi connectivity index (χ0) is 43.3. The number of nitrogens with zero attached hydrogens (tertiary/aromatic N) is 5. The van der Waals surface area contributed by atoms with E-state index in [-0.39, 0.29) is 0 Å². The molecule has 0 aliphatic heterocycles. The first-order valence-corrected chi connectivity index (χ1v) is 22.4. The fourth-order valence-corrected chi connectivity index (χ4v) is 10.3. The number of fused-ring (bicyclic) bond motifs is 11. The molecule has 5 nitrogen and oxygen atoms in total. The lowest BCUT2D eigenvalue weighted by atomic mass is 10.0. The molecule has 5 heteroatoms. The molecular weight excluding hydrogens is 803 g/mol. The molecule has 0 atom stereocenters. The van der Waals surface area contributed by atoms with Gasteiger partial charge < -0.3 is 4.57 Å². The number of hydrogen-bond donors (Lipinski definition) is 0.